The molecule has 1 saturated carbocycles. The molecule has 3 aliphatic rings. The summed E-state index contributed by atoms with van der Waals surface area (Å²) in [5.41, 5.74) is 0.770. The highest BCUT2D eigenvalue weighted by molar-refractivity contribution is 4.96. The van der Waals surface area contributed by atoms with Crippen LogP contribution in [-0.4, -0.2) is 37.6 Å². The van der Waals surface area contributed by atoms with Crippen LogP contribution < -0.4 is 5.32 Å². The molecule has 2 heteroatoms. The van der Waals surface area contributed by atoms with E-state index in [9.17, 15) is 0 Å². The van der Waals surface area contributed by atoms with E-state index >= 15 is 0 Å². The molecule has 2 N–H and O–H groups in total. The van der Waals surface area contributed by atoms with Crippen LogP contribution in [0.15, 0.2) is 0 Å². The van der Waals surface area contributed by atoms with Crippen molar-refractivity contribution in [1.29, 1.82) is 0 Å². The van der Waals surface area contributed by atoms with Gasteiger partial charge in [-0.05, 0) is 56.0 Å². The van der Waals surface area contributed by atoms with Gasteiger partial charge in [-0.1, -0.05) is 6.92 Å². The summed E-state index contributed by atoms with van der Waals surface area (Å²) >= 11 is 0. The van der Waals surface area contributed by atoms with Gasteiger partial charge in [-0.2, -0.15) is 0 Å². The molecule has 2 aliphatic heterocycles. The Morgan fingerprint density at radius 3 is 2.29 bits per heavy atom. The van der Waals surface area contributed by atoms with Crippen LogP contribution in [0.2, 0.25) is 0 Å². The molecule has 3 rings (SSSR count). The maximum atomic E-state index is 2.76. The van der Waals surface area contributed by atoms with Crippen molar-refractivity contribution in [3.8, 4) is 0 Å². The number of piperidine rings is 2. The van der Waals surface area contributed by atoms with Crippen molar-refractivity contribution in [2.24, 2.45) is 17.3 Å². The minimum Gasteiger partial charge on any atom is -0.346 e. The zero-order valence-corrected chi connectivity index (χ0v) is 11.5. The van der Waals surface area contributed by atoms with Crippen LogP contribution in [0, 0.1) is 17.3 Å². The van der Waals surface area contributed by atoms with E-state index in [0.29, 0.717) is 0 Å². The Morgan fingerprint density at radius 2 is 1.71 bits per heavy atom. The highest BCUT2D eigenvalue weighted by Crippen LogP contribution is 2.54. The van der Waals surface area contributed by atoms with Gasteiger partial charge in [0.2, 0.25) is 0 Å². The van der Waals surface area contributed by atoms with E-state index in [-0.39, 0.29) is 0 Å². The highest BCUT2D eigenvalue weighted by atomic mass is 15.1. The van der Waals surface area contributed by atoms with E-state index in [1.54, 1.807) is 0 Å². The molecule has 0 radical (unpaired) electrons. The van der Waals surface area contributed by atoms with E-state index in [1.165, 1.54) is 71.2 Å². The van der Waals surface area contributed by atoms with Crippen molar-refractivity contribution in [3.05, 3.63) is 0 Å². The lowest BCUT2D eigenvalue weighted by Gasteiger charge is -2.37. The van der Waals surface area contributed by atoms with Gasteiger partial charge in [0.15, 0.2) is 0 Å². The number of hydrogen-bond acceptors (Lipinski definition) is 1. The molecule has 0 amide bonds. The maximum Gasteiger partial charge on any atom is 0.0758 e. The summed E-state index contributed by atoms with van der Waals surface area (Å²) in [7, 11) is 0. The number of nitrogens with two attached hydrogens (primary N) is 1. The zero-order chi connectivity index (χ0) is 11.7. The van der Waals surface area contributed by atoms with Gasteiger partial charge in [-0.15, -0.1) is 0 Å². The van der Waals surface area contributed by atoms with Gasteiger partial charge in [0.1, 0.15) is 0 Å². The first-order valence-corrected chi connectivity index (χ1v) is 7.80. The van der Waals surface area contributed by atoms with Gasteiger partial charge in [0, 0.05) is 19.4 Å². The van der Waals surface area contributed by atoms with Crippen LogP contribution in [-0.2, 0) is 0 Å². The molecule has 0 aromatic carbocycles. The molecule has 0 aromatic heterocycles. The van der Waals surface area contributed by atoms with Crippen LogP contribution in [0.25, 0.3) is 0 Å². The predicted octanol–water partition coefficient (Wildman–Crippen LogP) is 1.47. The quantitative estimate of drug-likeness (QED) is 0.788. The van der Waals surface area contributed by atoms with E-state index in [2.05, 4.69) is 17.1 Å². The Balaban J connectivity index is 1.41. The first kappa shape index (κ1) is 12.0. The Bertz CT molecular complexity index is 246. The molecule has 0 unspecified atom stereocenters. The second-order valence-corrected chi connectivity index (χ2v) is 7.04. The predicted molar refractivity (Wildman–Crippen MR) is 70.9 cm³/mol. The first-order chi connectivity index (χ1) is 8.26. The lowest BCUT2D eigenvalue weighted by molar-refractivity contribution is -0.664. The van der Waals surface area contributed by atoms with Crippen LogP contribution in [0.4, 0.5) is 0 Å². The Labute approximate surface area is 106 Å². The fraction of sp³-hybridized carbons (Fsp3) is 1.00. The Kier molecular flexibility index (Phi) is 3.45. The van der Waals surface area contributed by atoms with E-state index in [0.717, 1.165) is 17.3 Å². The number of hydrogen-bond donors (Lipinski definition) is 1. The minimum absolute atomic E-state index is 0.770. The van der Waals surface area contributed by atoms with E-state index in [4.69, 9.17) is 0 Å². The monoisotopic (exact) mass is 237 g/mol. The standard InChI is InChI=1S/C15H28N2/c1-15(6-7-15)14-4-10-17(11-5-14)12-13-2-8-16-9-3-13/h13-14,16H,2-12H2,1H3/p+1. The van der Waals surface area contributed by atoms with Gasteiger partial charge in [-0.3, -0.25) is 0 Å². The van der Waals surface area contributed by atoms with Crippen molar-refractivity contribution in [1.82, 2.24) is 4.90 Å². The number of rotatable bonds is 3. The Hall–Kier alpha value is -0.0800. The molecule has 0 atom stereocenters. The van der Waals surface area contributed by atoms with Gasteiger partial charge in [-0.25, -0.2) is 0 Å². The summed E-state index contributed by atoms with van der Waals surface area (Å²) in [5.74, 6) is 2.06. The smallest absolute Gasteiger partial charge is 0.0758 e. The number of nitrogens with zero attached hydrogens (tertiary/aromatic N) is 1. The molecule has 1 aliphatic carbocycles. The summed E-state index contributed by atoms with van der Waals surface area (Å²) in [6.45, 7) is 9.45. The van der Waals surface area contributed by atoms with Gasteiger partial charge >= 0.3 is 0 Å². The molecular formula is C15H29N2+. The topological polar surface area (TPSA) is 19.9 Å². The number of likely N-dealkylation sites (tertiary alicyclic amines) is 1. The van der Waals surface area contributed by atoms with Crippen LogP contribution >= 0.6 is 0 Å². The minimum atomic E-state index is 0.770. The average molecular weight is 237 g/mol. The highest BCUT2D eigenvalue weighted by Gasteiger charge is 2.45. The van der Waals surface area contributed by atoms with Crippen LogP contribution in [0.5, 0.6) is 0 Å². The second-order valence-electron chi connectivity index (χ2n) is 7.04. The van der Waals surface area contributed by atoms with Crippen molar-refractivity contribution < 1.29 is 5.32 Å². The van der Waals surface area contributed by atoms with Crippen molar-refractivity contribution in [2.45, 2.75) is 45.4 Å². The second kappa shape index (κ2) is 4.89. The molecule has 3 fully saturated rings. The summed E-state index contributed by atoms with van der Waals surface area (Å²) in [4.78, 5) is 2.76. The molecule has 0 aromatic rings. The summed E-state index contributed by atoms with van der Waals surface area (Å²) in [6, 6.07) is 0. The van der Waals surface area contributed by atoms with E-state index in [1.807, 2.05) is 0 Å². The summed E-state index contributed by atoms with van der Waals surface area (Å²) < 4.78 is 0. The molecule has 2 saturated heterocycles. The zero-order valence-electron chi connectivity index (χ0n) is 11.5. The molecule has 2 heterocycles. The van der Waals surface area contributed by atoms with Gasteiger partial charge < -0.3 is 10.2 Å². The third-order valence-electron chi connectivity index (χ3n) is 5.69. The molecule has 98 valence electrons. The maximum absolute atomic E-state index is 2.76. The van der Waals surface area contributed by atoms with E-state index < -0.39 is 0 Å². The third kappa shape index (κ3) is 2.85. The first-order valence-electron chi connectivity index (χ1n) is 7.80. The number of quaternary nitrogens is 1. The fourth-order valence-corrected chi connectivity index (χ4v) is 3.96. The average Bonchev–Trinajstić information content (AvgIpc) is 3.11. The third-order valence-corrected chi connectivity index (χ3v) is 5.69. The largest absolute Gasteiger partial charge is 0.346 e. The lowest BCUT2D eigenvalue weighted by Crippen LogP contribution is -2.86. The molecule has 0 bridgehead atoms. The summed E-state index contributed by atoms with van der Waals surface area (Å²) in [6.07, 6.45) is 8.90. The SMILES string of the molecule is CC1(C2CCN(CC3CC[NH2+]CC3)CC2)CC1. The van der Waals surface area contributed by atoms with Crippen molar-refractivity contribution in [2.75, 3.05) is 32.7 Å². The summed E-state index contributed by atoms with van der Waals surface area (Å²) in [5, 5.41) is 2.48. The van der Waals surface area contributed by atoms with Crippen molar-refractivity contribution >= 4 is 0 Å². The molecular weight excluding hydrogens is 208 g/mol. The fourth-order valence-electron chi connectivity index (χ4n) is 3.96. The lowest BCUT2D eigenvalue weighted by atomic mass is 9.82. The van der Waals surface area contributed by atoms with Crippen molar-refractivity contribution in [3.63, 3.8) is 0 Å². The molecule has 2 nitrogen and oxygen atoms in total. The molecule has 17 heavy (non-hydrogen) atoms. The van der Waals surface area contributed by atoms with Crippen LogP contribution in [0.3, 0.4) is 0 Å². The van der Waals surface area contributed by atoms with Crippen LogP contribution in [0.1, 0.15) is 45.4 Å². The molecule has 0 spiro atoms. The Morgan fingerprint density at radius 1 is 1.06 bits per heavy atom. The van der Waals surface area contributed by atoms with Gasteiger partial charge in [0.05, 0.1) is 13.1 Å². The normalized spacial score (nSPS) is 31.6. The van der Waals surface area contributed by atoms with Gasteiger partial charge in [0.25, 0.3) is 0 Å².